The molecule has 6 heteroatoms. The van der Waals surface area contributed by atoms with Gasteiger partial charge in [-0.3, -0.25) is 14.4 Å². The van der Waals surface area contributed by atoms with Gasteiger partial charge in [0.15, 0.2) is 5.78 Å². The lowest BCUT2D eigenvalue weighted by Gasteiger charge is -2.35. The van der Waals surface area contributed by atoms with Gasteiger partial charge in [-0.2, -0.15) is 0 Å². The van der Waals surface area contributed by atoms with E-state index in [1.807, 2.05) is 24.3 Å². The second-order valence-corrected chi connectivity index (χ2v) is 8.26. The number of methoxy groups -OCH3 is 1. The van der Waals surface area contributed by atoms with Crippen LogP contribution in [0.3, 0.4) is 0 Å². The number of carbonyl (C=O) groups is 3. The van der Waals surface area contributed by atoms with E-state index < -0.39 is 23.7 Å². The lowest BCUT2D eigenvalue weighted by Crippen LogP contribution is -2.44. The number of hydrogen-bond acceptors (Lipinski definition) is 4. The van der Waals surface area contributed by atoms with Gasteiger partial charge in [0.2, 0.25) is 11.8 Å². The van der Waals surface area contributed by atoms with Crippen LogP contribution in [0, 0.1) is 11.8 Å². The van der Waals surface area contributed by atoms with Crippen molar-refractivity contribution in [3.8, 4) is 5.75 Å². The Morgan fingerprint density at radius 3 is 1.74 bits per heavy atom. The van der Waals surface area contributed by atoms with Gasteiger partial charge in [0.05, 0.1) is 13.0 Å². The van der Waals surface area contributed by atoms with E-state index in [1.165, 1.54) is 6.08 Å². The third-order valence-corrected chi connectivity index (χ3v) is 6.03. The fraction of sp³-hybridized carbons (Fsp3) is 0.179. The van der Waals surface area contributed by atoms with Crippen LogP contribution in [0.4, 0.5) is 11.4 Å². The standard InChI is InChI=1S/C28H26N2O4/c1-18-17-23(31)26(28(33)30-21-11-7-4-8-12-21)25(19-13-15-22(34-2)16-14-19)24(18)27(32)29-20-9-5-3-6-10-20/h3-17,24-26H,1-2H3,(H,29,32)(H,30,33)/t24-,25-,26-/m1/s1. The quantitative estimate of drug-likeness (QED) is 0.523. The number of ketones is 1. The zero-order valence-corrected chi connectivity index (χ0v) is 19.0. The number of amides is 2. The van der Waals surface area contributed by atoms with E-state index in [2.05, 4.69) is 10.6 Å². The predicted molar refractivity (Wildman–Crippen MR) is 132 cm³/mol. The number of carbonyl (C=O) groups excluding carboxylic acids is 3. The Balaban J connectivity index is 1.74. The van der Waals surface area contributed by atoms with Crippen molar-refractivity contribution in [3.05, 3.63) is 102 Å². The maximum atomic E-state index is 13.5. The molecule has 0 aliphatic heterocycles. The monoisotopic (exact) mass is 454 g/mol. The van der Waals surface area contributed by atoms with E-state index in [-0.39, 0.29) is 11.7 Å². The van der Waals surface area contributed by atoms with E-state index in [9.17, 15) is 14.4 Å². The molecule has 0 aromatic heterocycles. The van der Waals surface area contributed by atoms with Gasteiger partial charge in [-0.05, 0) is 55.0 Å². The fourth-order valence-corrected chi connectivity index (χ4v) is 4.41. The summed E-state index contributed by atoms with van der Waals surface area (Å²) in [4.78, 5) is 40.1. The van der Waals surface area contributed by atoms with Crippen LogP contribution >= 0.6 is 0 Å². The summed E-state index contributed by atoms with van der Waals surface area (Å²) in [7, 11) is 1.57. The molecule has 6 nitrogen and oxygen atoms in total. The molecule has 2 N–H and O–H groups in total. The van der Waals surface area contributed by atoms with E-state index in [4.69, 9.17) is 4.74 Å². The Bertz CT molecular complexity index is 1200. The average Bonchev–Trinajstić information content (AvgIpc) is 2.84. The molecule has 0 spiro atoms. The highest BCUT2D eigenvalue weighted by Gasteiger charge is 2.46. The molecule has 0 saturated carbocycles. The van der Waals surface area contributed by atoms with E-state index in [1.54, 1.807) is 74.7 Å². The molecule has 2 amide bonds. The Morgan fingerprint density at radius 2 is 1.24 bits per heavy atom. The van der Waals surface area contributed by atoms with Crippen LogP contribution in [0.5, 0.6) is 5.75 Å². The third-order valence-electron chi connectivity index (χ3n) is 6.03. The minimum absolute atomic E-state index is 0.272. The molecule has 0 bridgehead atoms. The van der Waals surface area contributed by atoms with Crippen LogP contribution in [-0.2, 0) is 14.4 Å². The molecule has 0 saturated heterocycles. The van der Waals surface area contributed by atoms with Crippen LogP contribution in [0.25, 0.3) is 0 Å². The highest BCUT2D eigenvalue weighted by Crippen LogP contribution is 2.42. The fourth-order valence-electron chi connectivity index (χ4n) is 4.41. The van der Waals surface area contributed by atoms with E-state index in [0.717, 1.165) is 0 Å². The molecule has 0 radical (unpaired) electrons. The van der Waals surface area contributed by atoms with Crippen LogP contribution < -0.4 is 15.4 Å². The second-order valence-electron chi connectivity index (χ2n) is 8.26. The predicted octanol–water partition coefficient (Wildman–Crippen LogP) is 4.82. The average molecular weight is 455 g/mol. The molecule has 172 valence electrons. The summed E-state index contributed by atoms with van der Waals surface area (Å²) in [5.74, 6) is -2.86. The van der Waals surface area contributed by atoms with Crippen molar-refractivity contribution < 1.29 is 19.1 Å². The number of ether oxygens (including phenoxy) is 1. The van der Waals surface area contributed by atoms with E-state index >= 15 is 0 Å². The summed E-state index contributed by atoms with van der Waals surface area (Å²) >= 11 is 0. The third kappa shape index (κ3) is 4.91. The van der Waals surface area contributed by atoms with Crippen LogP contribution in [0.2, 0.25) is 0 Å². The van der Waals surface area contributed by atoms with Gasteiger partial charge in [-0.25, -0.2) is 0 Å². The number of allylic oxidation sites excluding steroid dienone is 1. The Morgan fingerprint density at radius 1 is 0.735 bits per heavy atom. The molecule has 0 fully saturated rings. The molecule has 1 aliphatic carbocycles. The number of para-hydroxylation sites is 2. The number of nitrogens with one attached hydrogen (secondary N) is 2. The van der Waals surface area contributed by atoms with Crippen LogP contribution in [0.1, 0.15) is 18.4 Å². The summed E-state index contributed by atoms with van der Waals surface area (Å²) in [5.41, 5.74) is 2.56. The first-order valence-corrected chi connectivity index (χ1v) is 11.1. The van der Waals surface area contributed by atoms with Crippen molar-refractivity contribution in [2.75, 3.05) is 17.7 Å². The van der Waals surface area contributed by atoms with Gasteiger partial charge in [-0.1, -0.05) is 54.1 Å². The van der Waals surface area contributed by atoms with Crippen molar-refractivity contribution >= 4 is 29.0 Å². The highest BCUT2D eigenvalue weighted by atomic mass is 16.5. The summed E-state index contributed by atoms with van der Waals surface area (Å²) in [5, 5.41) is 5.78. The van der Waals surface area contributed by atoms with Crippen molar-refractivity contribution in [3.63, 3.8) is 0 Å². The van der Waals surface area contributed by atoms with Crippen molar-refractivity contribution in [2.24, 2.45) is 11.8 Å². The molecule has 3 atom stereocenters. The van der Waals surface area contributed by atoms with Crippen LogP contribution in [0.15, 0.2) is 96.6 Å². The Labute approximate surface area is 198 Å². The largest absolute Gasteiger partial charge is 0.497 e. The Kier molecular flexibility index (Phi) is 6.87. The van der Waals surface area contributed by atoms with Gasteiger partial charge >= 0.3 is 0 Å². The minimum Gasteiger partial charge on any atom is -0.497 e. The van der Waals surface area contributed by atoms with Gasteiger partial charge in [0.1, 0.15) is 11.7 Å². The highest BCUT2D eigenvalue weighted by molar-refractivity contribution is 6.14. The lowest BCUT2D eigenvalue weighted by molar-refractivity contribution is -0.131. The summed E-state index contributed by atoms with van der Waals surface area (Å²) in [6.45, 7) is 1.76. The smallest absolute Gasteiger partial charge is 0.235 e. The molecule has 4 rings (SSSR count). The molecule has 0 unspecified atom stereocenters. The topological polar surface area (TPSA) is 84.5 Å². The maximum Gasteiger partial charge on any atom is 0.235 e. The number of benzene rings is 3. The molecule has 3 aromatic carbocycles. The van der Waals surface area contributed by atoms with Crippen LogP contribution in [-0.4, -0.2) is 24.7 Å². The van der Waals surface area contributed by atoms with Gasteiger partial charge in [0, 0.05) is 17.3 Å². The molecular weight excluding hydrogens is 428 g/mol. The first-order chi connectivity index (χ1) is 16.5. The van der Waals surface area contributed by atoms with E-state index in [0.29, 0.717) is 28.3 Å². The minimum atomic E-state index is -1.07. The zero-order valence-electron chi connectivity index (χ0n) is 19.0. The molecule has 1 aliphatic rings. The summed E-state index contributed by atoms with van der Waals surface area (Å²) < 4.78 is 5.27. The molecular formula is C28H26N2O4. The zero-order chi connectivity index (χ0) is 24.1. The lowest BCUT2D eigenvalue weighted by atomic mass is 9.67. The number of rotatable bonds is 6. The molecule has 3 aromatic rings. The first-order valence-electron chi connectivity index (χ1n) is 11.1. The van der Waals surface area contributed by atoms with Crippen molar-refractivity contribution in [2.45, 2.75) is 12.8 Å². The van der Waals surface area contributed by atoms with Gasteiger partial charge in [-0.15, -0.1) is 0 Å². The number of hydrogen-bond donors (Lipinski definition) is 2. The normalized spacial score (nSPS) is 19.6. The first kappa shape index (κ1) is 23.0. The van der Waals surface area contributed by atoms with Gasteiger partial charge in [0.25, 0.3) is 0 Å². The summed E-state index contributed by atoms with van der Waals surface area (Å²) in [6.07, 6.45) is 1.42. The second kappa shape index (κ2) is 10.2. The molecule has 0 heterocycles. The Hall–Kier alpha value is -4.19. The van der Waals surface area contributed by atoms with Crippen molar-refractivity contribution in [1.29, 1.82) is 0 Å². The van der Waals surface area contributed by atoms with Gasteiger partial charge < -0.3 is 15.4 Å². The maximum absolute atomic E-state index is 13.5. The summed E-state index contributed by atoms with van der Waals surface area (Å²) in [6, 6.07) is 25.3. The SMILES string of the molecule is COc1ccc([C@@H]2[C@H](C(=O)Nc3ccccc3)C(C)=CC(=O)[C@H]2C(=O)Nc2ccccc2)cc1. The number of anilines is 2. The molecule has 34 heavy (non-hydrogen) atoms. The van der Waals surface area contributed by atoms with Crippen molar-refractivity contribution in [1.82, 2.24) is 0 Å².